The minimum absolute atomic E-state index is 0.100. The Kier molecular flexibility index (Phi) is 6.32. The highest BCUT2D eigenvalue weighted by Gasteiger charge is 2.35. The van der Waals surface area contributed by atoms with E-state index in [-0.39, 0.29) is 17.9 Å². The molecule has 3 heterocycles. The molecular weight excluding hydrogens is 390 g/mol. The molecule has 7 nitrogen and oxygen atoms in total. The van der Waals surface area contributed by atoms with Crippen molar-refractivity contribution in [1.82, 2.24) is 19.8 Å². The zero-order chi connectivity index (χ0) is 22.0. The van der Waals surface area contributed by atoms with Gasteiger partial charge in [-0.25, -0.2) is 9.97 Å². The van der Waals surface area contributed by atoms with Gasteiger partial charge in [0, 0.05) is 30.8 Å². The summed E-state index contributed by atoms with van der Waals surface area (Å²) in [6.07, 6.45) is 3.74. The Morgan fingerprint density at radius 2 is 1.94 bits per heavy atom. The Hall–Kier alpha value is -2.80. The Labute approximate surface area is 184 Å². The van der Waals surface area contributed by atoms with Crippen molar-refractivity contribution >= 4 is 17.6 Å². The van der Waals surface area contributed by atoms with Crippen LogP contribution in [0.5, 0.6) is 0 Å². The average Bonchev–Trinajstić information content (AvgIpc) is 3.23. The van der Waals surface area contributed by atoms with Crippen LogP contribution in [0.2, 0.25) is 0 Å². The van der Waals surface area contributed by atoms with E-state index in [1.807, 2.05) is 53.9 Å². The summed E-state index contributed by atoms with van der Waals surface area (Å²) in [7, 11) is 3.80. The van der Waals surface area contributed by atoms with Gasteiger partial charge in [-0.15, -0.1) is 0 Å². The standard InChI is InChI=1S/C24H31N5O2/c1-17-19-11-12-21(30)29(15-13-18-8-5-4-6-9-18)24(19)26-23(25-17)20-10-7-14-28(20)22(31)16-27(2)3/h4-6,8-9,20H,7,10-16H2,1-3H3/t20-/m1/s1. The number of aryl methyl sites for hydroxylation is 1. The topological polar surface area (TPSA) is 69.6 Å². The first-order valence-electron chi connectivity index (χ1n) is 11.1. The number of carbonyl (C=O) groups is 2. The minimum atomic E-state index is -0.121. The molecule has 1 aromatic carbocycles. The molecule has 0 bridgehead atoms. The fraction of sp³-hybridized carbons (Fsp3) is 0.500. The number of likely N-dealkylation sites (N-methyl/N-ethyl adjacent to an activating group) is 1. The third kappa shape index (κ3) is 4.61. The lowest BCUT2D eigenvalue weighted by Gasteiger charge is -2.31. The predicted molar refractivity (Wildman–Crippen MR) is 120 cm³/mol. The van der Waals surface area contributed by atoms with Crippen LogP contribution in [0.4, 0.5) is 5.82 Å². The van der Waals surface area contributed by atoms with Crippen LogP contribution in [0.3, 0.4) is 0 Å². The average molecular weight is 422 g/mol. The van der Waals surface area contributed by atoms with Gasteiger partial charge in [0.2, 0.25) is 11.8 Å². The quantitative estimate of drug-likeness (QED) is 0.717. The molecule has 0 unspecified atom stereocenters. The Morgan fingerprint density at radius 3 is 2.68 bits per heavy atom. The first-order valence-corrected chi connectivity index (χ1v) is 11.1. The zero-order valence-electron chi connectivity index (χ0n) is 18.7. The van der Waals surface area contributed by atoms with Crippen molar-refractivity contribution in [3.05, 3.63) is 53.0 Å². The molecule has 1 aromatic heterocycles. The highest BCUT2D eigenvalue weighted by atomic mass is 16.2. The number of amides is 2. The van der Waals surface area contributed by atoms with E-state index in [1.54, 1.807) is 0 Å². The van der Waals surface area contributed by atoms with Crippen molar-refractivity contribution in [2.45, 2.75) is 45.1 Å². The summed E-state index contributed by atoms with van der Waals surface area (Å²) in [6.45, 7) is 3.70. The molecule has 0 N–H and O–H groups in total. The van der Waals surface area contributed by atoms with Gasteiger partial charge in [-0.3, -0.25) is 14.5 Å². The molecule has 1 atom stereocenters. The van der Waals surface area contributed by atoms with Crippen LogP contribution in [-0.2, 0) is 22.4 Å². The Balaban J connectivity index is 1.62. The molecule has 0 spiro atoms. The summed E-state index contributed by atoms with van der Waals surface area (Å²) < 4.78 is 0. The summed E-state index contributed by atoms with van der Waals surface area (Å²) in [5.74, 6) is 1.62. The molecule has 0 aliphatic carbocycles. The number of fused-ring (bicyclic) bond motifs is 1. The van der Waals surface area contributed by atoms with Gasteiger partial charge in [-0.05, 0) is 52.3 Å². The highest BCUT2D eigenvalue weighted by molar-refractivity contribution is 5.95. The van der Waals surface area contributed by atoms with E-state index in [0.717, 1.165) is 42.9 Å². The molecule has 2 amide bonds. The molecule has 1 fully saturated rings. The van der Waals surface area contributed by atoms with Crippen molar-refractivity contribution in [2.75, 3.05) is 38.6 Å². The van der Waals surface area contributed by atoms with E-state index in [0.29, 0.717) is 31.8 Å². The highest BCUT2D eigenvalue weighted by Crippen LogP contribution is 2.34. The van der Waals surface area contributed by atoms with Gasteiger partial charge < -0.3 is 9.80 Å². The van der Waals surface area contributed by atoms with Gasteiger partial charge in [0.1, 0.15) is 5.82 Å². The summed E-state index contributed by atoms with van der Waals surface area (Å²) in [4.78, 5) is 40.9. The van der Waals surface area contributed by atoms with Gasteiger partial charge >= 0.3 is 0 Å². The van der Waals surface area contributed by atoms with Crippen molar-refractivity contribution in [2.24, 2.45) is 0 Å². The van der Waals surface area contributed by atoms with Crippen molar-refractivity contribution < 1.29 is 9.59 Å². The number of likely N-dealkylation sites (tertiary alicyclic amines) is 1. The molecular formula is C24H31N5O2. The lowest BCUT2D eigenvalue weighted by atomic mass is 10.0. The largest absolute Gasteiger partial charge is 0.331 e. The molecule has 31 heavy (non-hydrogen) atoms. The number of anilines is 1. The maximum atomic E-state index is 12.8. The van der Waals surface area contributed by atoms with E-state index in [4.69, 9.17) is 9.97 Å². The summed E-state index contributed by atoms with van der Waals surface area (Å²) in [6, 6.07) is 10.1. The third-order valence-electron chi connectivity index (χ3n) is 6.14. The number of hydrogen-bond donors (Lipinski definition) is 0. The molecule has 164 valence electrons. The van der Waals surface area contributed by atoms with Crippen LogP contribution >= 0.6 is 0 Å². The van der Waals surface area contributed by atoms with Crippen LogP contribution in [0.1, 0.15) is 47.9 Å². The lowest BCUT2D eigenvalue weighted by Crippen LogP contribution is -2.40. The number of nitrogens with zero attached hydrogens (tertiary/aromatic N) is 5. The second-order valence-electron chi connectivity index (χ2n) is 8.73. The van der Waals surface area contributed by atoms with Gasteiger partial charge in [0.15, 0.2) is 5.82 Å². The first kappa shape index (κ1) is 21.4. The second kappa shape index (κ2) is 9.14. The fourth-order valence-electron chi connectivity index (χ4n) is 4.56. The number of aromatic nitrogens is 2. The fourth-order valence-corrected chi connectivity index (χ4v) is 4.56. The van der Waals surface area contributed by atoms with Gasteiger partial charge in [-0.2, -0.15) is 0 Å². The van der Waals surface area contributed by atoms with Gasteiger partial charge in [-0.1, -0.05) is 30.3 Å². The van der Waals surface area contributed by atoms with Crippen molar-refractivity contribution in [3.8, 4) is 0 Å². The second-order valence-corrected chi connectivity index (χ2v) is 8.73. The first-order chi connectivity index (χ1) is 14.9. The Bertz CT molecular complexity index is 960. The van der Waals surface area contributed by atoms with Crippen LogP contribution in [0.25, 0.3) is 0 Å². The van der Waals surface area contributed by atoms with Crippen LogP contribution in [0.15, 0.2) is 30.3 Å². The van der Waals surface area contributed by atoms with E-state index in [9.17, 15) is 9.59 Å². The normalized spacial score (nSPS) is 18.6. The maximum Gasteiger partial charge on any atom is 0.237 e. The Morgan fingerprint density at radius 1 is 1.16 bits per heavy atom. The third-order valence-corrected chi connectivity index (χ3v) is 6.14. The summed E-state index contributed by atoms with van der Waals surface area (Å²) >= 11 is 0. The molecule has 7 heteroatoms. The number of carbonyl (C=O) groups excluding carboxylic acids is 2. The SMILES string of the molecule is Cc1nc([C@H]2CCCN2C(=O)CN(C)C)nc2c1CCC(=O)N2CCc1ccccc1. The molecule has 4 rings (SSSR count). The number of benzene rings is 1. The smallest absolute Gasteiger partial charge is 0.237 e. The summed E-state index contributed by atoms with van der Waals surface area (Å²) in [5.41, 5.74) is 3.18. The number of hydrogen-bond acceptors (Lipinski definition) is 5. The van der Waals surface area contributed by atoms with Crippen molar-refractivity contribution in [3.63, 3.8) is 0 Å². The molecule has 2 aromatic rings. The molecule has 1 saturated heterocycles. The minimum Gasteiger partial charge on any atom is -0.331 e. The molecule has 0 radical (unpaired) electrons. The van der Waals surface area contributed by atoms with Gasteiger partial charge in [0.25, 0.3) is 0 Å². The molecule has 2 aliphatic rings. The lowest BCUT2D eigenvalue weighted by molar-refractivity contribution is -0.133. The van der Waals surface area contributed by atoms with Crippen LogP contribution in [-0.4, -0.2) is 65.3 Å². The van der Waals surface area contributed by atoms with E-state index >= 15 is 0 Å². The molecule has 2 aliphatic heterocycles. The van der Waals surface area contributed by atoms with E-state index in [1.165, 1.54) is 5.56 Å². The number of rotatable bonds is 6. The predicted octanol–water partition coefficient (Wildman–Crippen LogP) is 2.53. The van der Waals surface area contributed by atoms with Crippen molar-refractivity contribution in [1.29, 1.82) is 0 Å². The van der Waals surface area contributed by atoms with E-state index in [2.05, 4.69) is 12.1 Å². The van der Waals surface area contributed by atoms with Crippen LogP contribution in [0, 0.1) is 6.92 Å². The van der Waals surface area contributed by atoms with E-state index < -0.39 is 0 Å². The zero-order valence-corrected chi connectivity index (χ0v) is 18.7. The monoisotopic (exact) mass is 421 g/mol. The van der Waals surface area contributed by atoms with Gasteiger partial charge in [0.05, 0.1) is 12.6 Å². The summed E-state index contributed by atoms with van der Waals surface area (Å²) in [5, 5.41) is 0. The maximum absolute atomic E-state index is 12.8. The van der Waals surface area contributed by atoms with Crippen LogP contribution < -0.4 is 4.90 Å². The molecule has 0 saturated carbocycles.